The van der Waals surface area contributed by atoms with Crippen molar-refractivity contribution in [3.05, 3.63) is 96.2 Å². The number of allylic oxidation sites excluding steroid dienone is 2. The zero-order valence-electron chi connectivity index (χ0n) is 30.7. The molecule has 5 nitrogen and oxygen atoms in total. The van der Waals surface area contributed by atoms with E-state index in [1.807, 2.05) is 40.0 Å². The van der Waals surface area contributed by atoms with Crippen molar-refractivity contribution in [3.8, 4) is 22.5 Å². The van der Waals surface area contributed by atoms with Crippen LogP contribution in [-0.4, -0.2) is 20.9 Å². The van der Waals surface area contributed by atoms with Crippen LogP contribution >= 0.6 is 0 Å². The molecule has 3 aromatic carbocycles. The molecule has 0 aliphatic rings. The number of hydrogen-bond acceptors (Lipinski definition) is 5. The van der Waals surface area contributed by atoms with E-state index in [9.17, 15) is 9.90 Å². The van der Waals surface area contributed by atoms with Crippen LogP contribution in [0.5, 0.6) is 0 Å². The molecule has 2 heterocycles. The van der Waals surface area contributed by atoms with Crippen molar-refractivity contribution in [3.63, 3.8) is 0 Å². The molecule has 0 saturated carbocycles. The van der Waals surface area contributed by atoms with Crippen molar-refractivity contribution >= 4 is 27.5 Å². The minimum Gasteiger partial charge on any atom is -0.512 e. The average Bonchev–Trinajstić information content (AvgIpc) is 3.46. The normalized spacial score (nSPS) is 12.0. The Balaban J connectivity index is 0.000000347. The first-order chi connectivity index (χ1) is 22.9. The summed E-state index contributed by atoms with van der Waals surface area (Å²) in [5.41, 5.74) is 7.22. The molecule has 0 amide bonds. The second kappa shape index (κ2) is 17.9. The molecule has 5 rings (SSSR count). The molecule has 49 heavy (non-hydrogen) atoms. The van der Waals surface area contributed by atoms with Crippen molar-refractivity contribution in [2.24, 2.45) is 17.8 Å². The van der Waals surface area contributed by atoms with E-state index in [0.29, 0.717) is 5.92 Å². The molecule has 0 aliphatic heterocycles. The number of rotatable bonds is 11. The van der Waals surface area contributed by atoms with E-state index in [4.69, 9.17) is 4.42 Å². The molecular weight excluding hydrogens is 785 g/mol. The number of aliphatic hydroxyl groups is 1. The van der Waals surface area contributed by atoms with E-state index in [0.717, 1.165) is 65.6 Å². The van der Waals surface area contributed by atoms with Crippen molar-refractivity contribution in [2.75, 3.05) is 0 Å². The molecule has 5 aromatic rings. The average molecular weight is 838 g/mol. The first-order valence-corrected chi connectivity index (χ1v) is 17.6. The maximum Gasteiger partial charge on any atom is 0.162 e. The summed E-state index contributed by atoms with van der Waals surface area (Å²) < 4.78 is 5.88. The molecule has 1 N–H and O–H groups in total. The molecular formula is C43H53IrN2O3-. The summed E-state index contributed by atoms with van der Waals surface area (Å²) in [4.78, 5) is 20.9. The molecule has 0 unspecified atom stereocenters. The van der Waals surface area contributed by atoms with Crippen molar-refractivity contribution in [1.82, 2.24) is 9.97 Å². The monoisotopic (exact) mass is 838 g/mol. The van der Waals surface area contributed by atoms with Gasteiger partial charge in [-0.3, -0.25) is 9.78 Å². The van der Waals surface area contributed by atoms with Crippen molar-refractivity contribution in [1.29, 1.82) is 0 Å². The molecule has 0 atom stereocenters. The van der Waals surface area contributed by atoms with Gasteiger partial charge in [-0.15, -0.1) is 29.1 Å². The minimum absolute atomic E-state index is 0. The Morgan fingerprint density at radius 2 is 1.53 bits per heavy atom. The zero-order chi connectivity index (χ0) is 35.0. The third kappa shape index (κ3) is 9.99. The van der Waals surface area contributed by atoms with Crippen LogP contribution in [0, 0.1) is 23.8 Å². The number of ketones is 1. The molecule has 263 valence electrons. The van der Waals surface area contributed by atoms with Crippen LogP contribution in [0.15, 0.2) is 83.4 Å². The summed E-state index contributed by atoms with van der Waals surface area (Å²) in [6.07, 6.45) is 9.44. The molecule has 1 radical (unpaired) electrons. The Hall–Kier alpha value is -3.60. The van der Waals surface area contributed by atoms with Gasteiger partial charge in [-0.1, -0.05) is 104 Å². The van der Waals surface area contributed by atoms with Crippen molar-refractivity contribution in [2.45, 2.75) is 99.8 Å². The smallest absolute Gasteiger partial charge is 0.162 e. The Bertz CT molecular complexity index is 1860. The Labute approximate surface area is 307 Å². The van der Waals surface area contributed by atoms with E-state index in [2.05, 4.69) is 99.2 Å². The van der Waals surface area contributed by atoms with Crippen molar-refractivity contribution < 1.29 is 34.4 Å². The quantitative estimate of drug-likeness (QED) is 0.0815. The van der Waals surface area contributed by atoms with E-state index in [-0.39, 0.29) is 48.9 Å². The number of benzene rings is 3. The molecule has 0 saturated heterocycles. The maximum atomic E-state index is 11.7. The van der Waals surface area contributed by atoms with Gasteiger partial charge in [-0.05, 0) is 61.1 Å². The third-order valence-corrected chi connectivity index (χ3v) is 9.19. The van der Waals surface area contributed by atoms with Crippen LogP contribution in [0.4, 0.5) is 0 Å². The van der Waals surface area contributed by atoms with Gasteiger partial charge in [0.25, 0.3) is 0 Å². The van der Waals surface area contributed by atoms with Gasteiger partial charge in [0, 0.05) is 54.7 Å². The van der Waals surface area contributed by atoms with E-state index in [1.54, 1.807) is 6.33 Å². The molecule has 6 heteroatoms. The molecule has 2 aromatic heterocycles. The second-order valence-electron chi connectivity index (χ2n) is 14.2. The number of furan rings is 1. The summed E-state index contributed by atoms with van der Waals surface area (Å²) in [6, 6.07) is 22.6. The third-order valence-electron chi connectivity index (χ3n) is 9.19. The minimum atomic E-state index is 0. The van der Waals surface area contributed by atoms with Crippen LogP contribution in [0.25, 0.3) is 44.3 Å². The largest absolute Gasteiger partial charge is 0.512 e. The van der Waals surface area contributed by atoms with Gasteiger partial charge >= 0.3 is 0 Å². The van der Waals surface area contributed by atoms with E-state index in [1.165, 1.54) is 28.0 Å². The second-order valence-corrected chi connectivity index (χ2v) is 14.2. The summed E-state index contributed by atoms with van der Waals surface area (Å²) in [5, 5.41) is 13.3. The van der Waals surface area contributed by atoms with Crippen LogP contribution in [0.1, 0.15) is 99.1 Å². The summed E-state index contributed by atoms with van der Waals surface area (Å²) in [6.45, 7) is 19.3. The van der Waals surface area contributed by atoms with E-state index < -0.39 is 0 Å². The Morgan fingerprint density at radius 3 is 2.16 bits per heavy atom. The SMILES string of the molecule is CC(C)Cc1coc2cc(-c3cc(-c4[c-]c5ccccc5c(C(C)(C)C)c4)ncn3)ccc12.CCC(CC)C(=O)/C=C(\O)C(CC)CC.[Ir]. The number of carbonyl (C=O) groups is 1. The number of hydrogen-bond donors (Lipinski definition) is 1. The van der Waals surface area contributed by atoms with Crippen LogP contribution in [0.2, 0.25) is 0 Å². The number of aromatic nitrogens is 2. The molecule has 0 spiro atoms. The van der Waals surface area contributed by atoms with Crippen LogP contribution in [0.3, 0.4) is 0 Å². The van der Waals surface area contributed by atoms with Gasteiger partial charge in [0.15, 0.2) is 5.78 Å². The van der Waals surface area contributed by atoms with Gasteiger partial charge in [0.2, 0.25) is 0 Å². The molecule has 0 bridgehead atoms. The summed E-state index contributed by atoms with van der Waals surface area (Å²) >= 11 is 0. The first kappa shape index (κ1) is 39.8. The van der Waals surface area contributed by atoms with Gasteiger partial charge in [-0.2, -0.15) is 0 Å². The van der Waals surface area contributed by atoms with Crippen LogP contribution < -0.4 is 0 Å². The summed E-state index contributed by atoms with van der Waals surface area (Å²) in [5.74, 6) is 1.14. The number of carbonyl (C=O) groups excluding carboxylic acids is 1. The molecule has 0 fully saturated rings. The number of aliphatic hydroxyl groups excluding tert-OH is 1. The molecule has 0 aliphatic carbocycles. The predicted molar refractivity (Wildman–Crippen MR) is 200 cm³/mol. The van der Waals surface area contributed by atoms with Gasteiger partial charge in [0.05, 0.1) is 17.7 Å². The fourth-order valence-electron chi connectivity index (χ4n) is 6.27. The van der Waals surface area contributed by atoms with Gasteiger partial charge in [0.1, 0.15) is 11.9 Å². The maximum absolute atomic E-state index is 11.7. The fraction of sp³-hybridized carbons (Fsp3) is 0.419. The Morgan fingerprint density at radius 1 is 0.878 bits per heavy atom. The van der Waals surface area contributed by atoms with Gasteiger partial charge < -0.3 is 9.52 Å². The predicted octanol–water partition coefficient (Wildman–Crippen LogP) is 11.9. The Kier molecular flexibility index (Phi) is 14.5. The van der Waals surface area contributed by atoms with Gasteiger partial charge in [-0.25, -0.2) is 4.98 Å². The van der Waals surface area contributed by atoms with Crippen LogP contribution in [-0.2, 0) is 36.7 Å². The first-order valence-electron chi connectivity index (χ1n) is 17.6. The topological polar surface area (TPSA) is 76.2 Å². The number of fused-ring (bicyclic) bond motifs is 2. The fourth-order valence-corrected chi connectivity index (χ4v) is 6.27. The zero-order valence-corrected chi connectivity index (χ0v) is 33.1. The van der Waals surface area contributed by atoms with E-state index >= 15 is 0 Å². The number of nitrogens with zero attached hydrogens (tertiary/aromatic N) is 2. The standard InChI is InChI=1S/C30H29N2O.C13H24O2.Ir/c1-19(2)12-23-17-33-29-15-21(10-11-25(23)29)27-16-28(32-18-31-27)22-13-20-8-6-7-9-24(20)26(14-22)30(3,4)5;1-5-10(6-2)12(14)9-13(15)11(7-3)8-4;/h6-11,14-19H,12H2,1-5H3;9-11,14H,5-8H2,1-4H3;/q-1;;/b;12-9-;. The summed E-state index contributed by atoms with van der Waals surface area (Å²) in [7, 11) is 0.